The number of nitrogens with zero attached hydrogens (tertiary/aromatic N) is 4. The van der Waals surface area contributed by atoms with Crippen molar-refractivity contribution in [2.24, 2.45) is 0 Å². The van der Waals surface area contributed by atoms with Gasteiger partial charge in [0.05, 0.1) is 17.1 Å². The fourth-order valence-corrected chi connectivity index (χ4v) is 3.79. The van der Waals surface area contributed by atoms with Crippen LogP contribution in [0.3, 0.4) is 0 Å². The van der Waals surface area contributed by atoms with Crippen LogP contribution in [0.2, 0.25) is 0 Å². The summed E-state index contributed by atoms with van der Waals surface area (Å²) in [5.74, 6) is 1.47. The smallest absolute Gasteiger partial charge is 0.333 e. The van der Waals surface area contributed by atoms with E-state index >= 15 is 0 Å². The first-order valence-corrected chi connectivity index (χ1v) is 9.14. The van der Waals surface area contributed by atoms with E-state index < -0.39 is 0 Å². The minimum atomic E-state index is -0.288. The summed E-state index contributed by atoms with van der Waals surface area (Å²) >= 11 is 0. The highest BCUT2D eigenvalue weighted by molar-refractivity contribution is 5.82. The molecule has 1 aliphatic rings. The topological polar surface area (TPSA) is 85.7 Å². The molecule has 4 aromatic rings. The van der Waals surface area contributed by atoms with Gasteiger partial charge in [-0.3, -0.25) is 9.97 Å². The van der Waals surface area contributed by atoms with Gasteiger partial charge in [-0.25, -0.2) is 19.3 Å². The molecule has 0 amide bonds. The average molecular weight is 361 g/mol. The molecular formula is C20H19N5O2. The summed E-state index contributed by atoms with van der Waals surface area (Å²) in [6.07, 6.45) is 5.35. The highest BCUT2D eigenvalue weighted by Gasteiger charge is 2.20. The molecule has 4 aromatic heterocycles. The van der Waals surface area contributed by atoms with Crippen LogP contribution in [0.1, 0.15) is 38.2 Å². The molecular weight excluding hydrogens is 342 g/mol. The Labute approximate surface area is 155 Å². The Hall–Kier alpha value is -3.22. The monoisotopic (exact) mass is 361 g/mol. The molecule has 2 atom stereocenters. The predicted octanol–water partition coefficient (Wildman–Crippen LogP) is 3.32. The number of aromatic amines is 1. The van der Waals surface area contributed by atoms with Gasteiger partial charge in [-0.2, -0.15) is 0 Å². The number of fused-ring (bicyclic) bond motifs is 2. The Morgan fingerprint density at radius 3 is 2.85 bits per heavy atom. The maximum Gasteiger partial charge on any atom is 0.333 e. The second-order valence-corrected chi connectivity index (χ2v) is 7.12. The molecule has 27 heavy (non-hydrogen) atoms. The molecule has 7 nitrogen and oxygen atoms in total. The van der Waals surface area contributed by atoms with Crippen LogP contribution >= 0.6 is 0 Å². The van der Waals surface area contributed by atoms with E-state index in [4.69, 9.17) is 9.72 Å². The van der Waals surface area contributed by atoms with Gasteiger partial charge in [-0.1, -0.05) is 6.92 Å². The summed E-state index contributed by atoms with van der Waals surface area (Å²) in [5.41, 5.74) is 3.62. The van der Waals surface area contributed by atoms with Crippen LogP contribution in [0.5, 0.6) is 5.75 Å². The fourth-order valence-electron chi connectivity index (χ4n) is 3.79. The third kappa shape index (κ3) is 2.50. The normalized spacial score (nSPS) is 19.6. The zero-order valence-corrected chi connectivity index (χ0v) is 15.1. The van der Waals surface area contributed by atoms with E-state index in [1.807, 2.05) is 24.4 Å². The molecule has 0 saturated heterocycles. The Balaban J connectivity index is 1.89. The SMILES string of the molecule is CC1CC[C@@H](C)c2ccnc3ccc(nc23)-n2c(=O)[nH]c3nccc(c32)O1. The van der Waals surface area contributed by atoms with Crippen molar-refractivity contribution < 1.29 is 4.74 Å². The quantitative estimate of drug-likeness (QED) is 0.519. The molecule has 1 N–H and O–H groups in total. The van der Waals surface area contributed by atoms with Gasteiger partial charge in [0.15, 0.2) is 5.65 Å². The summed E-state index contributed by atoms with van der Waals surface area (Å²) < 4.78 is 7.72. The zero-order chi connectivity index (χ0) is 18.5. The van der Waals surface area contributed by atoms with Crippen LogP contribution < -0.4 is 10.4 Å². The van der Waals surface area contributed by atoms with Crippen molar-refractivity contribution >= 4 is 22.2 Å². The summed E-state index contributed by atoms with van der Waals surface area (Å²) in [7, 11) is 0. The number of pyridine rings is 3. The molecule has 0 aliphatic carbocycles. The van der Waals surface area contributed by atoms with Gasteiger partial charge in [0.1, 0.15) is 17.1 Å². The molecule has 2 bridgehead atoms. The van der Waals surface area contributed by atoms with Crippen LogP contribution in [0.25, 0.3) is 28.0 Å². The molecule has 0 aromatic carbocycles. The van der Waals surface area contributed by atoms with Gasteiger partial charge in [-0.05, 0) is 49.4 Å². The van der Waals surface area contributed by atoms with Crippen molar-refractivity contribution in [3.63, 3.8) is 0 Å². The van der Waals surface area contributed by atoms with E-state index in [1.54, 1.807) is 12.3 Å². The Morgan fingerprint density at radius 2 is 1.96 bits per heavy atom. The molecule has 0 radical (unpaired) electrons. The largest absolute Gasteiger partial charge is 0.488 e. The fraction of sp³-hybridized carbons (Fsp3) is 0.300. The maximum atomic E-state index is 12.7. The summed E-state index contributed by atoms with van der Waals surface area (Å²) in [6.45, 7) is 4.25. The van der Waals surface area contributed by atoms with Gasteiger partial charge in [-0.15, -0.1) is 0 Å². The zero-order valence-electron chi connectivity index (χ0n) is 15.1. The third-order valence-electron chi connectivity index (χ3n) is 5.23. The van der Waals surface area contributed by atoms with Crippen LogP contribution in [0.15, 0.2) is 41.5 Å². The minimum absolute atomic E-state index is 0.0135. The number of aromatic nitrogens is 5. The standard InChI is InChI=1S/C20H19N5O2/c1-11-3-4-12(2)27-15-8-10-22-19-18(15)25(20(26)24-19)16-6-5-14-17(23-16)13(11)7-9-21-14/h5-12H,3-4H2,1-2H3,(H,22,24,26)/t11-,12?/m1/s1. The van der Waals surface area contributed by atoms with Crippen LogP contribution in [0.4, 0.5) is 0 Å². The molecule has 5 rings (SSSR count). The number of imidazole rings is 1. The van der Waals surface area contributed by atoms with Crippen molar-refractivity contribution in [1.29, 1.82) is 0 Å². The van der Waals surface area contributed by atoms with Crippen molar-refractivity contribution in [2.75, 3.05) is 0 Å². The second-order valence-electron chi connectivity index (χ2n) is 7.12. The maximum absolute atomic E-state index is 12.7. The molecule has 1 unspecified atom stereocenters. The molecule has 0 fully saturated rings. The van der Waals surface area contributed by atoms with E-state index in [0.717, 1.165) is 29.4 Å². The number of hydrogen-bond donors (Lipinski definition) is 1. The first-order valence-electron chi connectivity index (χ1n) is 9.14. The minimum Gasteiger partial charge on any atom is -0.488 e. The summed E-state index contributed by atoms with van der Waals surface area (Å²) in [5, 5.41) is 0. The molecule has 0 saturated carbocycles. The van der Waals surface area contributed by atoms with Crippen LogP contribution in [0, 0.1) is 0 Å². The van der Waals surface area contributed by atoms with Crippen molar-refractivity contribution in [3.05, 3.63) is 52.7 Å². The van der Waals surface area contributed by atoms with Gasteiger partial charge < -0.3 is 4.74 Å². The number of ether oxygens (including phenoxy) is 1. The van der Waals surface area contributed by atoms with Crippen LogP contribution in [-0.2, 0) is 0 Å². The van der Waals surface area contributed by atoms with Crippen molar-refractivity contribution in [1.82, 2.24) is 24.5 Å². The number of nitrogens with one attached hydrogen (secondary N) is 1. The number of rotatable bonds is 0. The Morgan fingerprint density at radius 1 is 1.11 bits per heavy atom. The first-order chi connectivity index (χ1) is 13.1. The Kier molecular flexibility index (Phi) is 3.50. The molecule has 0 spiro atoms. The third-order valence-corrected chi connectivity index (χ3v) is 5.23. The lowest BCUT2D eigenvalue weighted by atomic mass is 9.94. The van der Waals surface area contributed by atoms with E-state index in [1.165, 1.54) is 4.57 Å². The highest BCUT2D eigenvalue weighted by Crippen LogP contribution is 2.31. The van der Waals surface area contributed by atoms with Gasteiger partial charge in [0.2, 0.25) is 0 Å². The second kappa shape index (κ2) is 5.90. The van der Waals surface area contributed by atoms with E-state index in [-0.39, 0.29) is 11.8 Å². The lowest BCUT2D eigenvalue weighted by molar-refractivity contribution is 0.207. The molecule has 5 heterocycles. The van der Waals surface area contributed by atoms with Gasteiger partial charge in [0.25, 0.3) is 0 Å². The van der Waals surface area contributed by atoms with Gasteiger partial charge >= 0.3 is 5.69 Å². The number of hydrogen-bond acceptors (Lipinski definition) is 5. The molecule has 1 aliphatic heterocycles. The Bertz CT molecular complexity index is 1230. The highest BCUT2D eigenvalue weighted by atomic mass is 16.5. The summed E-state index contributed by atoms with van der Waals surface area (Å²) in [4.78, 5) is 29.1. The van der Waals surface area contributed by atoms with E-state index in [0.29, 0.717) is 28.6 Å². The van der Waals surface area contributed by atoms with Crippen LogP contribution in [-0.4, -0.2) is 30.6 Å². The average Bonchev–Trinajstić information content (AvgIpc) is 3.01. The van der Waals surface area contributed by atoms with E-state index in [9.17, 15) is 4.79 Å². The van der Waals surface area contributed by atoms with E-state index in [2.05, 4.69) is 28.8 Å². The molecule has 7 heteroatoms. The van der Waals surface area contributed by atoms with Crippen molar-refractivity contribution in [2.45, 2.75) is 38.7 Å². The number of H-pyrrole nitrogens is 1. The predicted molar refractivity (Wildman–Crippen MR) is 103 cm³/mol. The summed E-state index contributed by atoms with van der Waals surface area (Å²) in [6, 6.07) is 7.53. The lowest BCUT2D eigenvalue weighted by Gasteiger charge is -2.20. The lowest BCUT2D eigenvalue weighted by Crippen LogP contribution is -2.18. The molecule has 136 valence electrons. The van der Waals surface area contributed by atoms with Crippen molar-refractivity contribution in [3.8, 4) is 11.6 Å². The first kappa shape index (κ1) is 16.0. The van der Waals surface area contributed by atoms with Gasteiger partial charge in [0, 0.05) is 18.5 Å².